The molecule has 10 heteroatoms. The molecule has 2 heterocycles. The third-order valence-corrected chi connectivity index (χ3v) is 5.78. The lowest BCUT2D eigenvalue weighted by Gasteiger charge is -2.26. The Morgan fingerprint density at radius 3 is 2.73 bits per heavy atom. The Labute approximate surface area is 219 Å². The number of rotatable bonds is 9. The molecular formula is C27H26ClFN4O4. The van der Waals surface area contributed by atoms with Crippen LogP contribution in [0.5, 0.6) is 11.5 Å². The first-order valence-electron chi connectivity index (χ1n) is 11.7. The average molecular weight is 525 g/mol. The van der Waals surface area contributed by atoms with Crippen molar-refractivity contribution in [3.8, 4) is 11.5 Å². The predicted molar refractivity (Wildman–Crippen MR) is 139 cm³/mol. The molecule has 1 fully saturated rings. The van der Waals surface area contributed by atoms with Crippen LogP contribution in [0.3, 0.4) is 0 Å². The monoisotopic (exact) mass is 524 g/mol. The Hall–Kier alpha value is -3.79. The van der Waals surface area contributed by atoms with Crippen LogP contribution in [-0.2, 0) is 9.53 Å². The summed E-state index contributed by atoms with van der Waals surface area (Å²) in [5.74, 6) is -0.243. The first-order chi connectivity index (χ1) is 18.0. The van der Waals surface area contributed by atoms with Crippen LogP contribution in [-0.4, -0.2) is 61.1 Å². The molecule has 2 aromatic carbocycles. The quantitative estimate of drug-likeness (QED) is 0.404. The van der Waals surface area contributed by atoms with Gasteiger partial charge < -0.3 is 20.1 Å². The van der Waals surface area contributed by atoms with Crippen molar-refractivity contribution in [1.29, 1.82) is 0 Å². The molecule has 2 N–H and O–H groups in total. The van der Waals surface area contributed by atoms with Crippen LogP contribution in [0.2, 0.25) is 5.02 Å². The summed E-state index contributed by atoms with van der Waals surface area (Å²) in [6, 6.07) is 14.3. The van der Waals surface area contributed by atoms with Crippen molar-refractivity contribution in [3.05, 3.63) is 89.0 Å². The number of anilines is 1. The van der Waals surface area contributed by atoms with Crippen LogP contribution >= 0.6 is 11.6 Å². The Morgan fingerprint density at radius 2 is 1.92 bits per heavy atom. The maximum Gasteiger partial charge on any atom is 0.270 e. The number of morpholine rings is 1. The number of carbonyl (C=O) groups is 2. The van der Waals surface area contributed by atoms with Gasteiger partial charge in [-0.2, -0.15) is 0 Å². The summed E-state index contributed by atoms with van der Waals surface area (Å²) in [5, 5.41) is 5.44. The van der Waals surface area contributed by atoms with E-state index in [1.807, 2.05) is 6.07 Å². The van der Waals surface area contributed by atoms with Gasteiger partial charge in [-0.3, -0.25) is 19.5 Å². The summed E-state index contributed by atoms with van der Waals surface area (Å²) in [7, 11) is 0. The first kappa shape index (κ1) is 26.3. The highest BCUT2D eigenvalue weighted by atomic mass is 35.5. The number of aromatic nitrogens is 1. The standard InChI is InChI=1S/C27H26ClFN4O4/c28-23-17-20(5-6-24(23)29)32-26(34)7-4-19-2-1-3-21(16-19)37-22-8-9-30-25(18-22)27(35)31-10-11-33-12-14-36-15-13-33/h1-9,16-18H,10-15H2,(H,31,35)(H,32,34). The van der Waals surface area contributed by atoms with Gasteiger partial charge in [0.25, 0.3) is 5.91 Å². The molecular weight excluding hydrogens is 499 g/mol. The van der Waals surface area contributed by atoms with Gasteiger partial charge in [-0.15, -0.1) is 0 Å². The average Bonchev–Trinajstić information content (AvgIpc) is 2.90. The highest BCUT2D eigenvalue weighted by Gasteiger charge is 2.12. The zero-order valence-corrected chi connectivity index (χ0v) is 20.7. The number of carbonyl (C=O) groups excluding carboxylic acids is 2. The fraction of sp³-hybridized carbons (Fsp3) is 0.222. The van der Waals surface area contributed by atoms with Crippen molar-refractivity contribution in [2.24, 2.45) is 0 Å². The van der Waals surface area contributed by atoms with Gasteiger partial charge >= 0.3 is 0 Å². The summed E-state index contributed by atoms with van der Waals surface area (Å²) in [6.07, 6.45) is 4.48. The normalized spacial score (nSPS) is 13.9. The molecule has 1 aromatic heterocycles. The molecule has 37 heavy (non-hydrogen) atoms. The molecule has 0 atom stereocenters. The van der Waals surface area contributed by atoms with Crippen LogP contribution in [0.25, 0.3) is 6.08 Å². The number of nitrogens with one attached hydrogen (secondary N) is 2. The fourth-order valence-corrected chi connectivity index (χ4v) is 3.77. The molecule has 0 aliphatic carbocycles. The largest absolute Gasteiger partial charge is 0.457 e. The molecule has 1 aliphatic rings. The van der Waals surface area contributed by atoms with Crippen molar-refractivity contribution >= 4 is 35.2 Å². The van der Waals surface area contributed by atoms with E-state index in [0.717, 1.165) is 25.2 Å². The Kier molecular flexibility index (Phi) is 9.20. The number of halogens is 2. The Morgan fingerprint density at radius 1 is 1.11 bits per heavy atom. The van der Waals surface area contributed by atoms with Gasteiger partial charge in [0.1, 0.15) is 23.0 Å². The van der Waals surface area contributed by atoms with Gasteiger partial charge in [0.2, 0.25) is 5.91 Å². The summed E-state index contributed by atoms with van der Waals surface area (Å²) in [6.45, 7) is 4.41. The number of pyridine rings is 1. The van der Waals surface area contributed by atoms with Gasteiger partial charge in [0.05, 0.1) is 18.2 Å². The highest BCUT2D eigenvalue weighted by Crippen LogP contribution is 2.23. The molecule has 0 saturated carbocycles. The fourth-order valence-electron chi connectivity index (χ4n) is 3.59. The second kappa shape index (κ2) is 13.0. The highest BCUT2D eigenvalue weighted by molar-refractivity contribution is 6.31. The van der Waals surface area contributed by atoms with E-state index in [0.29, 0.717) is 36.9 Å². The van der Waals surface area contributed by atoms with Crippen molar-refractivity contribution in [1.82, 2.24) is 15.2 Å². The molecule has 3 aromatic rings. The van der Waals surface area contributed by atoms with E-state index in [-0.39, 0.29) is 16.6 Å². The molecule has 0 spiro atoms. The smallest absolute Gasteiger partial charge is 0.270 e. The van der Waals surface area contributed by atoms with Crippen LogP contribution in [0, 0.1) is 5.82 Å². The molecule has 4 rings (SSSR count). The topological polar surface area (TPSA) is 92.8 Å². The maximum absolute atomic E-state index is 13.3. The van der Waals surface area contributed by atoms with E-state index in [1.54, 1.807) is 36.4 Å². The van der Waals surface area contributed by atoms with E-state index < -0.39 is 11.7 Å². The van der Waals surface area contributed by atoms with E-state index in [4.69, 9.17) is 21.1 Å². The van der Waals surface area contributed by atoms with Crippen molar-refractivity contribution in [3.63, 3.8) is 0 Å². The molecule has 1 saturated heterocycles. The van der Waals surface area contributed by atoms with Crippen LogP contribution < -0.4 is 15.4 Å². The lowest BCUT2D eigenvalue weighted by Crippen LogP contribution is -2.41. The maximum atomic E-state index is 13.3. The third-order valence-electron chi connectivity index (χ3n) is 5.49. The lowest BCUT2D eigenvalue weighted by molar-refractivity contribution is -0.111. The van der Waals surface area contributed by atoms with Gasteiger partial charge in [0.15, 0.2) is 0 Å². The number of nitrogens with zero attached hydrogens (tertiary/aromatic N) is 2. The molecule has 0 bridgehead atoms. The van der Waals surface area contributed by atoms with E-state index in [1.165, 1.54) is 30.5 Å². The molecule has 2 amide bonds. The summed E-state index contributed by atoms with van der Waals surface area (Å²) in [5.41, 5.74) is 1.37. The van der Waals surface area contributed by atoms with E-state index in [9.17, 15) is 14.0 Å². The number of amides is 2. The minimum atomic E-state index is -0.558. The van der Waals surface area contributed by atoms with Gasteiger partial charge in [-0.1, -0.05) is 23.7 Å². The van der Waals surface area contributed by atoms with Crippen LogP contribution in [0.1, 0.15) is 16.1 Å². The Bertz CT molecular complexity index is 1280. The minimum Gasteiger partial charge on any atom is -0.457 e. The molecule has 192 valence electrons. The SMILES string of the molecule is O=C(C=Cc1cccc(Oc2ccnc(C(=O)NCCN3CCOCC3)c2)c1)Nc1ccc(F)c(Cl)c1. The zero-order chi connectivity index (χ0) is 26.0. The van der Waals surface area contributed by atoms with Crippen molar-refractivity contribution in [2.45, 2.75) is 0 Å². The summed E-state index contributed by atoms with van der Waals surface area (Å²) in [4.78, 5) is 31.1. The molecule has 0 unspecified atom stereocenters. The van der Waals surface area contributed by atoms with Crippen LogP contribution in [0.15, 0.2) is 66.9 Å². The molecule has 8 nitrogen and oxygen atoms in total. The third kappa shape index (κ3) is 8.11. The lowest BCUT2D eigenvalue weighted by atomic mass is 10.2. The van der Waals surface area contributed by atoms with Crippen LogP contribution in [0.4, 0.5) is 10.1 Å². The number of hydrogen-bond donors (Lipinski definition) is 2. The first-order valence-corrected chi connectivity index (χ1v) is 12.1. The number of ether oxygens (including phenoxy) is 2. The number of hydrogen-bond acceptors (Lipinski definition) is 6. The second-order valence-electron chi connectivity index (χ2n) is 8.21. The Balaban J connectivity index is 1.31. The van der Waals surface area contributed by atoms with Crippen molar-refractivity contribution < 1.29 is 23.5 Å². The predicted octanol–water partition coefficient (Wildman–Crippen LogP) is 4.38. The second-order valence-corrected chi connectivity index (χ2v) is 8.62. The van der Waals surface area contributed by atoms with Crippen molar-refractivity contribution in [2.75, 3.05) is 44.7 Å². The molecule has 0 radical (unpaired) electrons. The van der Waals surface area contributed by atoms with E-state index in [2.05, 4.69) is 20.5 Å². The zero-order valence-electron chi connectivity index (χ0n) is 20.0. The van der Waals surface area contributed by atoms with Gasteiger partial charge in [-0.25, -0.2) is 4.39 Å². The molecule has 1 aliphatic heterocycles. The van der Waals surface area contributed by atoms with E-state index >= 15 is 0 Å². The minimum absolute atomic E-state index is 0.0728. The number of benzene rings is 2. The summed E-state index contributed by atoms with van der Waals surface area (Å²) >= 11 is 5.74. The van der Waals surface area contributed by atoms with Gasteiger partial charge in [0, 0.05) is 50.2 Å². The van der Waals surface area contributed by atoms with Gasteiger partial charge in [-0.05, 0) is 48.0 Å². The summed E-state index contributed by atoms with van der Waals surface area (Å²) < 4.78 is 24.5.